The zero-order chi connectivity index (χ0) is 16.5. The zero-order valence-corrected chi connectivity index (χ0v) is 14.2. The van der Waals surface area contributed by atoms with Crippen molar-refractivity contribution in [2.45, 2.75) is 64.9 Å². The van der Waals surface area contributed by atoms with Crippen molar-refractivity contribution >= 4 is 5.97 Å². The predicted octanol–water partition coefficient (Wildman–Crippen LogP) is 5.03. The van der Waals surface area contributed by atoms with E-state index in [0.717, 1.165) is 48.8 Å². The Morgan fingerprint density at radius 2 is 1.83 bits per heavy atom. The molecule has 0 saturated carbocycles. The number of unbranched alkanes of at least 4 members (excludes halogenated alkanes) is 3. The van der Waals surface area contributed by atoms with Crippen molar-refractivity contribution in [2.24, 2.45) is 0 Å². The maximum absolute atomic E-state index is 11.9. The van der Waals surface area contributed by atoms with Crippen molar-refractivity contribution in [3.63, 3.8) is 0 Å². The Morgan fingerprint density at radius 1 is 1.09 bits per heavy atom. The van der Waals surface area contributed by atoms with Crippen LogP contribution in [0.15, 0.2) is 41.5 Å². The predicted molar refractivity (Wildman–Crippen MR) is 93.9 cm³/mol. The number of hydrogen-bond acceptors (Lipinski definition) is 2. The minimum atomic E-state index is -0.167. The summed E-state index contributed by atoms with van der Waals surface area (Å²) in [5, 5.41) is 0. The van der Waals surface area contributed by atoms with E-state index < -0.39 is 0 Å². The first-order chi connectivity index (χ1) is 11.3. The Bertz CT molecular complexity index is 602. The molecule has 1 aromatic rings. The molecule has 2 heteroatoms. The van der Waals surface area contributed by atoms with Crippen LogP contribution in [0.25, 0.3) is 0 Å². The number of carbonyl (C=O) groups excluding carboxylic acids is 1. The highest BCUT2D eigenvalue weighted by molar-refractivity contribution is 5.97. The smallest absolute Gasteiger partial charge is 0.339 e. The van der Waals surface area contributed by atoms with Gasteiger partial charge in [-0.1, -0.05) is 63.1 Å². The number of benzene rings is 1. The first-order valence-electron chi connectivity index (χ1n) is 8.77. The maximum atomic E-state index is 11.9. The van der Waals surface area contributed by atoms with Crippen LogP contribution in [0.3, 0.4) is 0 Å². The summed E-state index contributed by atoms with van der Waals surface area (Å²) in [4.78, 5) is 11.9. The lowest BCUT2D eigenvalue weighted by atomic mass is 9.91. The van der Waals surface area contributed by atoms with Gasteiger partial charge in [0.25, 0.3) is 0 Å². The molecule has 0 aliphatic carbocycles. The molecule has 0 amide bonds. The lowest BCUT2D eigenvalue weighted by molar-refractivity contribution is -0.156. The summed E-state index contributed by atoms with van der Waals surface area (Å²) in [6.45, 7) is 4.34. The summed E-state index contributed by atoms with van der Waals surface area (Å²) in [5.41, 5.74) is 2.80. The van der Waals surface area contributed by atoms with E-state index in [0.29, 0.717) is 0 Å². The van der Waals surface area contributed by atoms with Crippen LogP contribution < -0.4 is 0 Å². The Hall–Kier alpha value is -2.01. The quantitative estimate of drug-likeness (QED) is 0.305. The summed E-state index contributed by atoms with van der Waals surface area (Å²) >= 11 is 0. The van der Waals surface area contributed by atoms with Gasteiger partial charge >= 0.3 is 5.97 Å². The Kier molecular flexibility index (Phi) is 6.94. The first kappa shape index (κ1) is 17.3. The molecule has 0 aromatic heterocycles. The van der Waals surface area contributed by atoms with E-state index in [9.17, 15) is 4.79 Å². The van der Waals surface area contributed by atoms with Gasteiger partial charge < -0.3 is 4.74 Å². The summed E-state index contributed by atoms with van der Waals surface area (Å²) in [7, 11) is 0. The zero-order valence-electron chi connectivity index (χ0n) is 14.2. The van der Waals surface area contributed by atoms with Gasteiger partial charge in [0.05, 0.1) is 5.57 Å². The van der Waals surface area contributed by atoms with Crippen LogP contribution in [0.4, 0.5) is 0 Å². The number of cyclic esters (lactones) is 1. The van der Waals surface area contributed by atoms with Crippen molar-refractivity contribution in [1.82, 2.24) is 0 Å². The van der Waals surface area contributed by atoms with Gasteiger partial charge in [-0.3, -0.25) is 0 Å². The molecule has 0 N–H and O–H groups in total. The Balaban J connectivity index is 2.18. The van der Waals surface area contributed by atoms with Crippen molar-refractivity contribution in [3.05, 3.63) is 47.0 Å². The number of carbonyl (C=O) groups is 1. The number of rotatable bonds is 7. The standard InChI is InChI=1S/C21H26O2/c1-3-5-8-14-19-20(21(22)23-19)18(13-6-4-2)16-15-17-11-9-7-10-12-17/h7,9-12,19H,3-6,8,13-14H2,1-2H3/b20-18-. The molecule has 0 bridgehead atoms. The molecule has 0 spiro atoms. The number of esters is 1. The van der Waals surface area contributed by atoms with Gasteiger partial charge in [0.2, 0.25) is 0 Å². The van der Waals surface area contributed by atoms with Gasteiger partial charge in [0, 0.05) is 11.1 Å². The largest absolute Gasteiger partial charge is 0.454 e. The molecule has 1 unspecified atom stereocenters. The van der Waals surface area contributed by atoms with Gasteiger partial charge in [-0.15, -0.1) is 0 Å². The van der Waals surface area contributed by atoms with Crippen LogP contribution in [0.2, 0.25) is 0 Å². The van der Waals surface area contributed by atoms with Crippen LogP contribution >= 0.6 is 0 Å². The molecule has 0 radical (unpaired) electrons. The molecule has 1 fully saturated rings. The molecule has 2 nitrogen and oxygen atoms in total. The first-order valence-corrected chi connectivity index (χ1v) is 8.77. The van der Waals surface area contributed by atoms with E-state index in [2.05, 4.69) is 25.7 Å². The molecule has 1 aliphatic heterocycles. The highest BCUT2D eigenvalue weighted by Crippen LogP contribution is 2.31. The third-order valence-electron chi connectivity index (χ3n) is 4.10. The van der Waals surface area contributed by atoms with Crippen LogP contribution in [-0.4, -0.2) is 12.1 Å². The van der Waals surface area contributed by atoms with Crippen molar-refractivity contribution < 1.29 is 9.53 Å². The van der Waals surface area contributed by atoms with Crippen LogP contribution in [-0.2, 0) is 9.53 Å². The molecule has 2 rings (SSSR count). The number of hydrogen-bond donors (Lipinski definition) is 0. The molecule has 122 valence electrons. The molecule has 1 atom stereocenters. The van der Waals surface area contributed by atoms with Crippen molar-refractivity contribution in [3.8, 4) is 11.8 Å². The summed E-state index contributed by atoms with van der Waals surface area (Å²) < 4.78 is 5.35. The number of allylic oxidation sites excluding steroid dienone is 1. The van der Waals surface area contributed by atoms with E-state index in [1.54, 1.807) is 0 Å². The lowest BCUT2D eigenvalue weighted by Gasteiger charge is -2.30. The average molecular weight is 310 g/mol. The summed E-state index contributed by atoms with van der Waals surface area (Å²) in [5.74, 6) is 6.28. The average Bonchev–Trinajstić information content (AvgIpc) is 2.57. The summed E-state index contributed by atoms with van der Waals surface area (Å²) in [6, 6.07) is 9.93. The van der Waals surface area contributed by atoms with Crippen LogP contribution in [0.5, 0.6) is 0 Å². The second-order valence-corrected chi connectivity index (χ2v) is 6.00. The molecule has 23 heavy (non-hydrogen) atoms. The van der Waals surface area contributed by atoms with E-state index >= 15 is 0 Å². The second-order valence-electron chi connectivity index (χ2n) is 6.00. The molecule has 1 heterocycles. The second kappa shape index (κ2) is 9.20. The molecule has 1 aromatic carbocycles. The fourth-order valence-electron chi connectivity index (χ4n) is 2.71. The topological polar surface area (TPSA) is 26.3 Å². The lowest BCUT2D eigenvalue weighted by Crippen LogP contribution is -2.37. The van der Waals surface area contributed by atoms with E-state index in [1.807, 2.05) is 30.3 Å². The summed E-state index contributed by atoms with van der Waals surface area (Å²) in [6.07, 6.45) is 7.37. The van der Waals surface area contributed by atoms with Crippen molar-refractivity contribution in [1.29, 1.82) is 0 Å². The minimum absolute atomic E-state index is 0.0361. The van der Waals surface area contributed by atoms with Gasteiger partial charge in [0.1, 0.15) is 6.10 Å². The molecule has 1 saturated heterocycles. The van der Waals surface area contributed by atoms with Crippen LogP contribution in [0.1, 0.15) is 64.4 Å². The molecular weight excluding hydrogens is 284 g/mol. The highest BCUT2D eigenvalue weighted by Gasteiger charge is 2.37. The van der Waals surface area contributed by atoms with Crippen molar-refractivity contribution in [2.75, 3.05) is 0 Å². The monoisotopic (exact) mass is 310 g/mol. The fourth-order valence-corrected chi connectivity index (χ4v) is 2.71. The van der Waals surface area contributed by atoms with E-state index in [-0.39, 0.29) is 12.1 Å². The molecular formula is C21H26O2. The highest BCUT2D eigenvalue weighted by atomic mass is 16.6. The minimum Gasteiger partial charge on any atom is -0.454 e. The van der Waals surface area contributed by atoms with Gasteiger partial charge in [0.15, 0.2) is 0 Å². The number of ether oxygens (including phenoxy) is 1. The van der Waals surface area contributed by atoms with Crippen LogP contribution in [0, 0.1) is 11.8 Å². The van der Waals surface area contributed by atoms with E-state index in [1.165, 1.54) is 12.8 Å². The Morgan fingerprint density at radius 3 is 2.48 bits per heavy atom. The maximum Gasteiger partial charge on any atom is 0.339 e. The third kappa shape index (κ3) is 4.99. The van der Waals surface area contributed by atoms with E-state index in [4.69, 9.17) is 4.74 Å². The normalized spacial score (nSPS) is 18.5. The van der Waals surface area contributed by atoms with Gasteiger partial charge in [-0.2, -0.15) is 0 Å². The van der Waals surface area contributed by atoms with Gasteiger partial charge in [-0.05, 0) is 37.8 Å². The Labute approximate surface area is 139 Å². The SMILES string of the molecule is CCCCCC1OC(=O)/C1=C(\C#Cc1ccccc1)CCCC. The molecule has 1 aliphatic rings. The third-order valence-corrected chi connectivity index (χ3v) is 4.10. The van der Waals surface area contributed by atoms with Gasteiger partial charge in [-0.25, -0.2) is 4.79 Å². The fraction of sp³-hybridized carbons (Fsp3) is 0.476.